The Hall–Kier alpha value is -1.51. The molecule has 0 aromatic carbocycles. The molecule has 0 fully saturated rings. The van der Waals surface area contributed by atoms with Gasteiger partial charge in [-0.3, -0.25) is 18.6 Å². The highest BCUT2D eigenvalue weighted by atomic mass is 31.2. The average Bonchev–Trinajstić information content (AvgIpc) is 3.39. The highest BCUT2D eigenvalue weighted by molar-refractivity contribution is 7.47. The van der Waals surface area contributed by atoms with Crippen molar-refractivity contribution in [2.75, 3.05) is 40.9 Å². The van der Waals surface area contributed by atoms with E-state index in [1.54, 1.807) is 0 Å². The number of esters is 1. The van der Waals surface area contributed by atoms with E-state index in [2.05, 4.69) is 38.2 Å². The van der Waals surface area contributed by atoms with E-state index in [9.17, 15) is 19.0 Å². The van der Waals surface area contributed by atoms with Crippen molar-refractivity contribution in [1.29, 1.82) is 0 Å². The minimum Gasteiger partial charge on any atom is -0.456 e. The number of carbonyl (C=O) groups excluding carboxylic acids is 2. The van der Waals surface area contributed by atoms with Gasteiger partial charge in [-0.15, -0.1) is 0 Å². The summed E-state index contributed by atoms with van der Waals surface area (Å²) in [5.41, 5.74) is 0. The fraction of sp³-hybridized carbons (Fsp3) is 0.910. The van der Waals surface area contributed by atoms with Gasteiger partial charge in [0, 0.05) is 12.8 Å². The van der Waals surface area contributed by atoms with Crippen molar-refractivity contribution < 1.29 is 37.3 Å². The second-order valence-electron chi connectivity index (χ2n) is 24.4. The summed E-state index contributed by atoms with van der Waals surface area (Å²) in [5.74, 6) is -0.487. The maximum absolute atomic E-state index is 13.6. The number of ether oxygens (including phenoxy) is 1. The maximum atomic E-state index is 13.6. The maximum Gasteiger partial charge on any atom is 0.472 e. The van der Waals surface area contributed by atoms with Gasteiger partial charge in [0.2, 0.25) is 5.91 Å². The molecule has 0 bridgehead atoms. The number of rotatable bonds is 62. The van der Waals surface area contributed by atoms with Gasteiger partial charge in [-0.2, -0.15) is 0 Å². The number of allylic oxidation sites excluding steroid dienone is 3. The summed E-state index contributed by atoms with van der Waals surface area (Å²) >= 11 is 0. The van der Waals surface area contributed by atoms with E-state index in [-0.39, 0.29) is 25.1 Å². The van der Waals surface area contributed by atoms with E-state index in [0.29, 0.717) is 23.9 Å². The number of hydrogen-bond acceptors (Lipinski definition) is 6. The van der Waals surface area contributed by atoms with Gasteiger partial charge >= 0.3 is 13.8 Å². The number of hydrogen-bond donors (Lipinski definition) is 2. The fourth-order valence-electron chi connectivity index (χ4n) is 10.2. The minimum atomic E-state index is -4.45. The first-order valence-corrected chi connectivity index (χ1v) is 35.2. The molecule has 0 saturated carbocycles. The number of amides is 1. The third-order valence-corrected chi connectivity index (χ3v) is 16.4. The van der Waals surface area contributed by atoms with E-state index in [0.717, 1.165) is 57.8 Å². The second kappa shape index (κ2) is 57.7. The second-order valence-corrected chi connectivity index (χ2v) is 25.8. The normalized spacial score (nSPS) is 13.7. The van der Waals surface area contributed by atoms with Crippen LogP contribution in [-0.4, -0.2) is 74.3 Å². The lowest BCUT2D eigenvalue weighted by atomic mass is 10.0. The van der Waals surface area contributed by atoms with Crippen molar-refractivity contribution in [1.82, 2.24) is 5.32 Å². The van der Waals surface area contributed by atoms with Crippen LogP contribution in [0.4, 0.5) is 0 Å². The monoisotopic (exact) mass is 1110 g/mol. The summed E-state index contributed by atoms with van der Waals surface area (Å²) in [6, 6.07) is -0.844. The molecule has 77 heavy (non-hydrogen) atoms. The lowest BCUT2D eigenvalue weighted by Gasteiger charge is -2.27. The minimum absolute atomic E-state index is 0.0437. The van der Waals surface area contributed by atoms with E-state index >= 15 is 0 Å². The molecular formula is C67H132N2O7P+. The number of unbranched alkanes of at least 4 members (excludes halogenated alkanes) is 44. The number of phosphoric acid groups is 1. The van der Waals surface area contributed by atoms with E-state index < -0.39 is 20.0 Å². The molecular weight excluding hydrogens is 976 g/mol. The number of carbonyl (C=O) groups is 2. The molecule has 9 nitrogen and oxygen atoms in total. The highest BCUT2D eigenvalue weighted by Crippen LogP contribution is 2.43. The average molecular weight is 1110 g/mol. The van der Waals surface area contributed by atoms with Crippen molar-refractivity contribution in [3.63, 3.8) is 0 Å². The molecule has 0 aliphatic rings. The van der Waals surface area contributed by atoms with Crippen LogP contribution in [0.25, 0.3) is 0 Å². The fourth-order valence-corrected chi connectivity index (χ4v) is 10.9. The standard InChI is InChI=1S/C67H131N2O7P/c1-7-10-13-16-19-22-25-28-30-32-34-36-38-41-44-47-50-53-56-59-66(70)68-64(63-75-77(72,73)74-62-61-69(4,5)6)65(58-55-52-49-46-43-40-27-24-21-18-15-12-9-3)76-67(71)60-57-54-51-48-45-42-39-37-35-33-31-29-26-23-20-17-14-11-8-2/h28,30,55,58,64-65H,7-27,29,31-54,56-57,59-63H2,1-6H3,(H-,68,70,72,73)/p+1/b30-28+,58-55+. The van der Waals surface area contributed by atoms with Crippen LogP contribution in [0.1, 0.15) is 342 Å². The van der Waals surface area contributed by atoms with E-state index in [4.69, 9.17) is 13.8 Å². The molecule has 0 aliphatic heterocycles. The number of nitrogens with zero attached hydrogens (tertiary/aromatic N) is 1. The van der Waals surface area contributed by atoms with Crippen LogP contribution in [0, 0.1) is 0 Å². The molecule has 0 radical (unpaired) electrons. The Bertz CT molecular complexity index is 1370. The zero-order chi connectivity index (χ0) is 56.4. The number of quaternary nitrogens is 1. The first kappa shape index (κ1) is 75.5. The molecule has 2 N–H and O–H groups in total. The van der Waals surface area contributed by atoms with Crippen LogP contribution >= 0.6 is 7.82 Å². The van der Waals surface area contributed by atoms with Crippen molar-refractivity contribution in [2.45, 2.75) is 354 Å². The smallest absolute Gasteiger partial charge is 0.456 e. The molecule has 0 rings (SSSR count). The van der Waals surface area contributed by atoms with Gasteiger partial charge in [0.25, 0.3) is 0 Å². The predicted molar refractivity (Wildman–Crippen MR) is 333 cm³/mol. The molecule has 3 atom stereocenters. The third-order valence-electron chi connectivity index (χ3n) is 15.4. The Labute approximate surface area is 479 Å². The molecule has 0 aliphatic carbocycles. The molecule has 10 heteroatoms. The number of nitrogens with one attached hydrogen (secondary N) is 1. The Kier molecular flexibility index (Phi) is 56.6. The molecule has 0 aromatic heterocycles. The Morgan fingerprint density at radius 3 is 1.10 bits per heavy atom. The topological polar surface area (TPSA) is 111 Å². The summed E-state index contributed by atoms with van der Waals surface area (Å²) in [6.07, 6.45) is 68.9. The van der Waals surface area contributed by atoms with Crippen LogP contribution in [0.5, 0.6) is 0 Å². The highest BCUT2D eigenvalue weighted by Gasteiger charge is 2.30. The van der Waals surface area contributed by atoms with Gasteiger partial charge in [0.1, 0.15) is 19.3 Å². The van der Waals surface area contributed by atoms with Gasteiger partial charge in [-0.05, 0) is 57.4 Å². The largest absolute Gasteiger partial charge is 0.472 e. The zero-order valence-electron chi connectivity index (χ0n) is 52.2. The molecule has 3 unspecified atom stereocenters. The Balaban J connectivity index is 5.17. The van der Waals surface area contributed by atoms with Crippen LogP contribution in [0.3, 0.4) is 0 Å². The van der Waals surface area contributed by atoms with Crippen LogP contribution in [0.2, 0.25) is 0 Å². The molecule has 1 amide bonds. The van der Waals surface area contributed by atoms with E-state index in [1.807, 2.05) is 33.3 Å². The summed E-state index contributed by atoms with van der Waals surface area (Å²) < 4.78 is 30.8. The first-order valence-electron chi connectivity index (χ1n) is 33.7. The molecule has 0 saturated heterocycles. The van der Waals surface area contributed by atoms with Gasteiger partial charge in [-0.25, -0.2) is 4.57 Å². The lowest BCUT2D eigenvalue weighted by Crippen LogP contribution is -2.47. The summed E-state index contributed by atoms with van der Waals surface area (Å²) in [7, 11) is 1.51. The van der Waals surface area contributed by atoms with Crippen molar-refractivity contribution in [3.05, 3.63) is 24.3 Å². The van der Waals surface area contributed by atoms with Gasteiger partial charge in [0.05, 0.1) is 33.8 Å². The quantitative estimate of drug-likeness (QED) is 0.0205. The number of phosphoric ester groups is 1. The number of likely N-dealkylation sites (N-methyl/N-ethyl adjacent to an activating group) is 1. The van der Waals surface area contributed by atoms with Crippen molar-refractivity contribution >= 4 is 19.7 Å². The molecule has 0 spiro atoms. The summed E-state index contributed by atoms with van der Waals surface area (Å²) in [6.45, 7) is 7.07. The SMILES string of the molecule is CCCCCCCC/C=C/CCCCCCCCCCCC(=O)NC(COP(=O)(O)OCC[N+](C)(C)C)C(/C=C/CCCCCCCCCCCCC)OC(=O)CCCCCCCCCCCCCCCCCCCCC. The molecule has 0 aromatic rings. The predicted octanol–water partition coefficient (Wildman–Crippen LogP) is 20.9. The Morgan fingerprint density at radius 2 is 0.753 bits per heavy atom. The van der Waals surface area contributed by atoms with Gasteiger partial charge < -0.3 is 19.4 Å². The zero-order valence-corrected chi connectivity index (χ0v) is 53.1. The van der Waals surface area contributed by atoms with E-state index in [1.165, 1.54) is 250 Å². The lowest BCUT2D eigenvalue weighted by molar-refractivity contribution is -0.870. The van der Waals surface area contributed by atoms with Crippen molar-refractivity contribution in [3.8, 4) is 0 Å². The van der Waals surface area contributed by atoms with Crippen LogP contribution in [0.15, 0.2) is 24.3 Å². The van der Waals surface area contributed by atoms with Crippen LogP contribution in [-0.2, 0) is 27.9 Å². The Morgan fingerprint density at radius 1 is 0.442 bits per heavy atom. The third kappa shape index (κ3) is 58.9. The summed E-state index contributed by atoms with van der Waals surface area (Å²) in [5, 5.41) is 3.07. The molecule has 0 heterocycles. The van der Waals surface area contributed by atoms with Crippen molar-refractivity contribution in [2.24, 2.45) is 0 Å². The summed E-state index contributed by atoms with van der Waals surface area (Å²) in [4.78, 5) is 37.8. The van der Waals surface area contributed by atoms with Gasteiger partial charge in [0.15, 0.2) is 0 Å². The molecule has 456 valence electrons. The van der Waals surface area contributed by atoms with Crippen LogP contribution < -0.4 is 5.32 Å². The first-order chi connectivity index (χ1) is 37.4. The van der Waals surface area contributed by atoms with Gasteiger partial charge in [-0.1, -0.05) is 296 Å².